The van der Waals surface area contributed by atoms with Crippen LogP contribution in [0, 0.1) is 12.7 Å². The second kappa shape index (κ2) is 7.40. The number of benzene rings is 1. The van der Waals surface area contributed by atoms with E-state index < -0.39 is 30.0 Å². The van der Waals surface area contributed by atoms with E-state index in [1.165, 1.54) is 12.1 Å². The molecule has 2 aromatic heterocycles. The normalized spacial score (nSPS) is 13.0. The Labute approximate surface area is 161 Å². The van der Waals surface area contributed by atoms with E-state index in [1.807, 2.05) is 0 Å². The zero-order chi connectivity index (χ0) is 19.8. The lowest BCUT2D eigenvalue weighted by atomic mass is 10.0. The maximum absolute atomic E-state index is 14.7. The van der Waals surface area contributed by atoms with Gasteiger partial charge in [0.25, 0.3) is 5.92 Å². The van der Waals surface area contributed by atoms with Gasteiger partial charge < -0.3 is 10.4 Å². The van der Waals surface area contributed by atoms with Crippen molar-refractivity contribution >= 4 is 32.7 Å². The van der Waals surface area contributed by atoms with Crippen molar-refractivity contribution in [1.82, 2.24) is 15.0 Å². The van der Waals surface area contributed by atoms with Gasteiger partial charge in [0.05, 0.1) is 23.3 Å². The van der Waals surface area contributed by atoms with Crippen LogP contribution < -0.4 is 5.32 Å². The summed E-state index contributed by atoms with van der Waals surface area (Å²) in [7, 11) is 0. The van der Waals surface area contributed by atoms with Crippen LogP contribution in [-0.4, -0.2) is 26.7 Å². The quantitative estimate of drug-likeness (QED) is 0.571. The molecule has 0 spiro atoms. The zero-order valence-corrected chi connectivity index (χ0v) is 16.1. The van der Waals surface area contributed by atoms with Crippen LogP contribution in [0.15, 0.2) is 35.1 Å². The molecule has 0 aliphatic carbocycles. The van der Waals surface area contributed by atoms with Crippen molar-refractivity contribution in [2.24, 2.45) is 0 Å². The van der Waals surface area contributed by atoms with Crippen LogP contribution >= 0.6 is 15.9 Å². The van der Waals surface area contributed by atoms with Gasteiger partial charge in [0.15, 0.2) is 0 Å². The Morgan fingerprint density at radius 2 is 2.04 bits per heavy atom. The monoisotopic (exact) mass is 440 g/mol. The van der Waals surface area contributed by atoms with Gasteiger partial charge in [-0.2, -0.15) is 8.78 Å². The lowest BCUT2D eigenvalue weighted by Crippen LogP contribution is -2.22. The standard InChI is InChI=1S/C18H16BrF3N4O/c1-9(11-4-3-5-13(16(11)20)18(21,22)8-27)24-17-12-6-15(19)23-7-14(12)25-10(2)26-17/h3-7,9,27H,8H2,1-2H3,(H,24,25,26). The maximum atomic E-state index is 14.7. The number of alkyl halides is 2. The summed E-state index contributed by atoms with van der Waals surface area (Å²) in [6, 6.07) is 4.77. The van der Waals surface area contributed by atoms with E-state index in [-0.39, 0.29) is 5.56 Å². The third-order valence-electron chi connectivity index (χ3n) is 4.10. The van der Waals surface area contributed by atoms with E-state index >= 15 is 0 Å². The first-order valence-corrected chi connectivity index (χ1v) is 8.86. The summed E-state index contributed by atoms with van der Waals surface area (Å²) in [5.74, 6) is -3.79. The van der Waals surface area contributed by atoms with Gasteiger partial charge in [0.1, 0.15) is 28.7 Å². The van der Waals surface area contributed by atoms with E-state index in [4.69, 9.17) is 5.11 Å². The fourth-order valence-corrected chi connectivity index (χ4v) is 3.10. The molecule has 3 rings (SSSR count). The molecule has 1 atom stereocenters. The number of pyridine rings is 1. The van der Waals surface area contributed by atoms with Gasteiger partial charge in [0.2, 0.25) is 0 Å². The minimum absolute atomic E-state index is 0.0400. The third-order valence-corrected chi connectivity index (χ3v) is 4.54. The Kier molecular flexibility index (Phi) is 5.34. The molecule has 0 aliphatic rings. The lowest BCUT2D eigenvalue weighted by molar-refractivity contribution is -0.0583. The van der Waals surface area contributed by atoms with Gasteiger partial charge in [0, 0.05) is 10.9 Å². The molecule has 2 heterocycles. The number of nitrogens with zero attached hydrogens (tertiary/aromatic N) is 3. The van der Waals surface area contributed by atoms with Crippen LogP contribution in [0.3, 0.4) is 0 Å². The molecule has 27 heavy (non-hydrogen) atoms. The second-order valence-electron chi connectivity index (χ2n) is 6.08. The number of hydrogen-bond donors (Lipinski definition) is 2. The molecule has 0 fully saturated rings. The smallest absolute Gasteiger partial charge is 0.298 e. The highest BCUT2D eigenvalue weighted by atomic mass is 79.9. The molecular formula is C18H16BrF3N4O. The average Bonchev–Trinajstić information content (AvgIpc) is 2.62. The van der Waals surface area contributed by atoms with Crippen LogP contribution in [0.2, 0.25) is 0 Å². The van der Waals surface area contributed by atoms with Gasteiger partial charge >= 0.3 is 0 Å². The van der Waals surface area contributed by atoms with Crippen molar-refractivity contribution < 1.29 is 18.3 Å². The van der Waals surface area contributed by atoms with Crippen molar-refractivity contribution in [2.75, 3.05) is 11.9 Å². The Morgan fingerprint density at radius 3 is 2.74 bits per heavy atom. The Bertz CT molecular complexity index is 1000. The van der Waals surface area contributed by atoms with Gasteiger partial charge in [-0.25, -0.2) is 19.3 Å². The zero-order valence-electron chi connectivity index (χ0n) is 14.5. The third kappa shape index (κ3) is 3.89. The van der Waals surface area contributed by atoms with Crippen molar-refractivity contribution in [3.05, 3.63) is 57.8 Å². The molecule has 1 unspecified atom stereocenters. The molecule has 2 N–H and O–H groups in total. The highest BCUT2D eigenvalue weighted by Gasteiger charge is 2.35. The molecular weight excluding hydrogens is 425 g/mol. The average molecular weight is 441 g/mol. The molecule has 9 heteroatoms. The molecule has 5 nitrogen and oxygen atoms in total. The summed E-state index contributed by atoms with van der Waals surface area (Å²) in [4.78, 5) is 12.8. The van der Waals surface area contributed by atoms with Crippen LogP contribution in [0.4, 0.5) is 19.0 Å². The Morgan fingerprint density at radius 1 is 1.30 bits per heavy atom. The van der Waals surface area contributed by atoms with E-state index in [0.717, 1.165) is 6.07 Å². The van der Waals surface area contributed by atoms with E-state index in [0.29, 0.717) is 27.1 Å². The first kappa shape index (κ1) is 19.5. The van der Waals surface area contributed by atoms with Crippen LogP contribution in [-0.2, 0) is 5.92 Å². The number of aromatic nitrogens is 3. The summed E-state index contributed by atoms with van der Waals surface area (Å²) in [6.45, 7) is 1.88. The minimum atomic E-state index is -3.66. The summed E-state index contributed by atoms with van der Waals surface area (Å²) < 4.78 is 42.8. The second-order valence-corrected chi connectivity index (χ2v) is 6.89. The van der Waals surface area contributed by atoms with Crippen LogP contribution in [0.1, 0.15) is 29.9 Å². The summed E-state index contributed by atoms with van der Waals surface area (Å²) in [5.41, 5.74) is -0.202. The van der Waals surface area contributed by atoms with Crippen molar-refractivity contribution in [3.8, 4) is 0 Å². The van der Waals surface area contributed by atoms with Crippen molar-refractivity contribution in [2.45, 2.75) is 25.8 Å². The molecule has 142 valence electrons. The number of nitrogens with one attached hydrogen (secondary N) is 1. The molecule has 0 amide bonds. The SMILES string of the molecule is Cc1nc(NC(C)c2cccc(C(F)(F)CO)c2F)c2cc(Br)ncc2n1. The first-order valence-electron chi connectivity index (χ1n) is 8.07. The number of rotatable bonds is 5. The van der Waals surface area contributed by atoms with Crippen LogP contribution in [0.25, 0.3) is 10.9 Å². The number of aryl methyl sites for hydroxylation is 1. The van der Waals surface area contributed by atoms with Gasteiger partial charge in [-0.15, -0.1) is 0 Å². The highest BCUT2D eigenvalue weighted by molar-refractivity contribution is 9.10. The number of aliphatic hydroxyl groups excluding tert-OH is 1. The molecule has 3 aromatic rings. The van der Waals surface area contributed by atoms with E-state index in [2.05, 4.69) is 36.2 Å². The van der Waals surface area contributed by atoms with Crippen molar-refractivity contribution in [1.29, 1.82) is 0 Å². The molecule has 0 saturated carbocycles. The molecule has 0 aliphatic heterocycles. The summed E-state index contributed by atoms with van der Waals surface area (Å²) >= 11 is 3.29. The molecule has 1 aromatic carbocycles. The first-order chi connectivity index (χ1) is 12.7. The number of aliphatic hydroxyl groups is 1. The number of fused-ring (bicyclic) bond motifs is 1. The minimum Gasteiger partial charge on any atom is -0.390 e. The topological polar surface area (TPSA) is 70.9 Å². The highest BCUT2D eigenvalue weighted by Crippen LogP contribution is 2.34. The predicted octanol–water partition coefficient (Wildman–Crippen LogP) is 4.49. The molecule has 0 bridgehead atoms. The van der Waals surface area contributed by atoms with E-state index in [1.54, 1.807) is 26.1 Å². The largest absolute Gasteiger partial charge is 0.390 e. The van der Waals surface area contributed by atoms with Gasteiger partial charge in [-0.1, -0.05) is 12.1 Å². The lowest BCUT2D eigenvalue weighted by Gasteiger charge is -2.21. The van der Waals surface area contributed by atoms with Gasteiger partial charge in [-0.05, 0) is 41.9 Å². The Hall–Kier alpha value is -2.26. The maximum Gasteiger partial charge on any atom is 0.298 e. The molecule has 0 saturated heterocycles. The molecule has 0 radical (unpaired) electrons. The van der Waals surface area contributed by atoms with Crippen molar-refractivity contribution in [3.63, 3.8) is 0 Å². The fraction of sp³-hybridized carbons (Fsp3) is 0.278. The summed E-state index contributed by atoms with van der Waals surface area (Å²) in [6.07, 6.45) is 1.58. The Balaban J connectivity index is 2.02. The number of anilines is 1. The summed E-state index contributed by atoms with van der Waals surface area (Å²) in [5, 5.41) is 12.6. The number of hydrogen-bond acceptors (Lipinski definition) is 5. The van der Waals surface area contributed by atoms with Gasteiger partial charge in [-0.3, -0.25) is 0 Å². The number of halogens is 4. The predicted molar refractivity (Wildman–Crippen MR) is 99.2 cm³/mol. The van der Waals surface area contributed by atoms with Crippen LogP contribution in [0.5, 0.6) is 0 Å². The fourth-order valence-electron chi connectivity index (χ4n) is 2.77. The van der Waals surface area contributed by atoms with E-state index in [9.17, 15) is 13.2 Å².